The molecule has 0 fully saturated rings. The van der Waals surface area contributed by atoms with E-state index in [1.807, 2.05) is 0 Å². The first-order valence-corrected chi connectivity index (χ1v) is 4.42. The van der Waals surface area contributed by atoms with Gasteiger partial charge in [-0.25, -0.2) is 9.59 Å². The first-order chi connectivity index (χ1) is 7.08. The average molecular weight is 225 g/mol. The predicted octanol–water partition coefficient (Wildman–Crippen LogP) is 2.14. The van der Waals surface area contributed by atoms with Crippen LogP contribution in [0.5, 0.6) is 0 Å². The summed E-state index contributed by atoms with van der Waals surface area (Å²) in [5.74, 6) is -1.19. The quantitative estimate of drug-likeness (QED) is 0.754. The molecule has 0 atom stereocenters. The Labute approximate surface area is 88.7 Å². The number of hydrogen-bond acceptors (Lipinski definition) is 3. The van der Waals surface area contributed by atoms with E-state index in [-0.39, 0.29) is 11.1 Å². The normalized spacial score (nSPS) is 10.5. The van der Waals surface area contributed by atoms with Crippen molar-refractivity contribution in [3.8, 4) is 0 Å². The lowest BCUT2D eigenvalue weighted by atomic mass is 10.1. The second-order valence-electron chi connectivity index (χ2n) is 2.92. The minimum Gasteiger partial charge on any atom is -0.478 e. The van der Waals surface area contributed by atoms with E-state index in [1.165, 1.54) is 18.2 Å². The molecule has 4 nitrogen and oxygen atoms in total. The molecule has 0 spiro atoms. The molecule has 0 saturated carbocycles. The molecule has 0 aliphatic carbocycles. The molecular weight excluding hydrogens is 220 g/mol. The van der Waals surface area contributed by atoms with Crippen molar-refractivity contribution in [1.82, 2.24) is 0 Å². The summed E-state index contributed by atoms with van der Waals surface area (Å²) in [7, 11) is 0. The lowest BCUT2D eigenvalue weighted by Gasteiger charge is -2.00. The molecule has 1 heterocycles. The highest BCUT2D eigenvalue weighted by Gasteiger charge is 2.11. The number of fused-ring (bicyclic) bond motifs is 1. The van der Waals surface area contributed by atoms with Gasteiger partial charge < -0.3 is 9.52 Å². The number of carboxylic acid groups (broad SMARTS) is 1. The van der Waals surface area contributed by atoms with Gasteiger partial charge >= 0.3 is 11.6 Å². The van der Waals surface area contributed by atoms with Crippen molar-refractivity contribution in [3.63, 3.8) is 0 Å². The third kappa shape index (κ3) is 1.71. The summed E-state index contributed by atoms with van der Waals surface area (Å²) in [5.41, 5.74) is -0.588. The number of carbonyl (C=O) groups is 1. The summed E-state index contributed by atoms with van der Waals surface area (Å²) in [6.07, 6.45) is 0. The number of aromatic carboxylic acids is 1. The number of hydrogen-bond donors (Lipinski definition) is 1. The highest BCUT2D eigenvalue weighted by molar-refractivity contribution is 6.31. The highest BCUT2D eigenvalue weighted by Crippen LogP contribution is 2.21. The van der Waals surface area contributed by atoms with E-state index < -0.39 is 11.6 Å². The van der Waals surface area contributed by atoms with Crippen LogP contribution in [0.1, 0.15) is 10.4 Å². The number of benzene rings is 1. The zero-order valence-electron chi connectivity index (χ0n) is 7.36. The fourth-order valence-corrected chi connectivity index (χ4v) is 1.48. The summed E-state index contributed by atoms with van der Waals surface area (Å²) in [6, 6.07) is 5.37. The summed E-state index contributed by atoms with van der Waals surface area (Å²) in [4.78, 5) is 21.9. The molecular formula is C10H5ClO4. The third-order valence-electron chi connectivity index (χ3n) is 1.93. The average Bonchev–Trinajstić information content (AvgIpc) is 2.17. The molecule has 5 heteroatoms. The van der Waals surface area contributed by atoms with Gasteiger partial charge in [-0.1, -0.05) is 11.6 Å². The standard InChI is InChI=1S/C10H5ClO4/c11-5-1-2-8-6(3-5)7(10(13)14)4-9(12)15-8/h1-4H,(H,13,14). The zero-order chi connectivity index (χ0) is 11.0. The number of halogens is 1. The SMILES string of the molecule is O=C(O)c1cc(=O)oc2ccc(Cl)cc12. The molecule has 2 aromatic rings. The van der Waals surface area contributed by atoms with E-state index in [0.717, 1.165) is 6.07 Å². The molecule has 0 unspecified atom stereocenters. The van der Waals surface area contributed by atoms with Gasteiger partial charge in [0.1, 0.15) is 5.58 Å². The van der Waals surface area contributed by atoms with E-state index in [9.17, 15) is 9.59 Å². The Bertz CT molecular complexity index is 600. The lowest BCUT2D eigenvalue weighted by Crippen LogP contribution is -2.05. The van der Waals surface area contributed by atoms with Gasteiger partial charge in [0.25, 0.3) is 0 Å². The van der Waals surface area contributed by atoms with E-state index in [0.29, 0.717) is 10.4 Å². The molecule has 0 aliphatic heterocycles. The van der Waals surface area contributed by atoms with Crippen molar-refractivity contribution in [2.45, 2.75) is 0 Å². The molecule has 15 heavy (non-hydrogen) atoms. The maximum absolute atomic E-state index is 11.0. The molecule has 0 saturated heterocycles. The van der Waals surface area contributed by atoms with Gasteiger partial charge in [0.15, 0.2) is 0 Å². The second kappa shape index (κ2) is 3.40. The number of carboxylic acids is 1. The lowest BCUT2D eigenvalue weighted by molar-refractivity contribution is 0.0698. The Morgan fingerprint density at radius 3 is 2.73 bits per heavy atom. The maximum Gasteiger partial charge on any atom is 0.337 e. The van der Waals surface area contributed by atoms with E-state index in [2.05, 4.69) is 0 Å². The zero-order valence-corrected chi connectivity index (χ0v) is 8.12. The molecule has 1 aromatic carbocycles. The molecule has 0 aliphatic rings. The molecule has 0 bridgehead atoms. The predicted molar refractivity (Wildman–Crippen MR) is 54.5 cm³/mol. The van der Waals surface area contributed by atoms with Crippen LogP contribution in [-0.2, 0) is 0 Å². The minimum atomic E-state index is -1.19. The van der Waals surface area contributed by atoms with Crippen LogP contribution in [-0.4, -0.2) is 11.1 Å². The summed E-state index contributed by atoms with van der Waals surface area (Å²) < 4.78 is 4.83. The molecule has 1 N–H and O–H groups in total. The second-order valence-corrected chi connectivity index (χ2v) is 3.36. The number of rotatable bonds is 1. The van der Waals surface area contributed by atoms with Gasteiger partial charge in [0.05, 0.1) is 5.56 Å². The van der Waals surface area contributed by atoms with Crippen LogP contribution in [0.2, 0.25) is 5.02 Å². The molecule has 76 valence electrons. The van der Waals surface area contributed by atoms with E-state index >= 15 is 0 Å². The van der Waals surface area contributed by atoms with Crippen molar-refractivity contribution in [1.29, 1.82) is 0 Å². The van der Waals surface area contributed by atoms with Crippen molar-refractivity contribution in [2.24, 2.45) is 0 Å². The van der Waals surface area contributed by atoms with Crippen LogP contribution in [0.4, 0.5) is 0 Å². The van der Waals surface area contributed by atoms with Crippen molar-refractivity contribution < 1.29 is 14.3 Å². The van der Waals surface area contributed by atoms with Crippen LogP contribution >= 0.6 is 11.6 Å². The van der Waals surface area contributed by atoms with E-state index in [1.54, 1.807) is 0 Å². The highest BCUT2D eigenvalue weighted by atomic mass is 35.5. The van der Waals surface area contributed by atoms with Crippen LogP contribution in [0.3, 0.4) is 0 Å². The Hall–Kier alpha value is -1.81. The Morgan fingerprint density at radius 2 is 2.07 bits per heavy atom. The fraction of sp³-hybridized carbons (Fsp3) is 0. The maximum atomic E-state index is 11.0. The summed E-state index contributed by atoms with van der Waals surface area (Å²) >= 11 is 5.72. The van der Waals surface area contributed by atoms with Gasteiger partial charge in [-0.05, 0) is 18.2 Å². The van der Waals surface area contributed by atoms with E-state index in [4.69, 9.17) is 21.1 Å². The third-order valence-corrected chi connectivity index (χ3v) is 2.17. The molecule has 0 radical (unpaired) electrons. The minimum absolute atomic E-state index is 0.108. The summed E-state index contributed by atoms with van der Waals surface area (Å²) in [5, 5.41) is 9.58. The van der Waals surface area contributed by atoms with Crippen molar-refractivity contribution in [2.75, 3.05) is 0 Å². The smallest absolute Gasteiger partial charge is 0.337 e. The largest absolute Gasteiger partial charge is 0.478 e. The topological polar surface area (TPSA) is 67.5 Å². The first kappa shape index (κ1) is 9.73. The Morgan fingerprint density at radius 1 is 1.33 bits per heavy atom. The van der Waals surface area contributed by atoms with Gasteiger partial charge in [-0.15, -0.1) is 0 Å². The first-order valence-electron chi connectivity index (χ1n) is 4.04. The van der Waals surface area contributed by atoms with Gasteiger partial charge in [0.2, 0.25) is 0 Å². The van der Waals surface area contributed by atoms with Gasteiger partial charge in [-0.2, -0.15) is 0 Å². The molecule has 0 amide bonds. The molecule has 2 rings (SSSR count). The van der Waals surface area contributed by atoms with Crippen LogP contribution in [0.25, 0.3) is 11.0 Å². The monoisotopic (exact) mass is 224 g/mol. The van der Waals surface area contributed by atoms with Crippen molar-refractivity contribution >= 4 is 28.5 Å². The summed E-state index contributed by atoms with van der Waals surface area (Å²) in [6.45, 7) is 0. The molecule has 1 aromatic heterocycles. The Kier molecular flexibility index (Phi) is 2.21. The van der Waals surface area contributed by atoms with Gasteiger partial charge in [0, 0.05) is 16.5 Å². The van der Waals surface area contributed by atoms with Crippen molar-refractivity contribution in [3.05, 3.63) is 45.3 Å². The Balaban J connectivity index is 2.94. The van der Waals surface area contributed by atoms with Crippen LogP contribution in [0.15, 0.2) is 33.5 Å². The van der Waals surface area contributed by atoms with Crippen LogP contribution in [0, 0.1) is 0 Å². The van der Waals surface area contributed by atoms with Gasteiger partial charge in [-0.3, -0.25) is 0 Å². The fourth-order valence-electron chi connectivity index (χ4n) is 1.31. The van der Waals surface area contributed by atoms with Crippen LogP contribution < -0.4 is 5.63 Å².